The minimum atomic E-state index is -0.636. The zero-order valence-electron chi connectivity index (χ0n) is 36.4. The van der Waals surface area contributed by atoms with Gasteiger partial charge in [-0.2, -0.15) is 0 Å². The fourth-order valence-corrected chi connectivity index (χ4v) is 8.36. The van der Waals surface area contributed by atoms with E-state index in [1.807, 2.05) is 108 Å². The number of carbonyl (C=O) groups is 6. The Hall–Kier alpha value is -5.52. The molecule has 2 fully saturated rings. The predicted molar refractivity (Wildman–Crippen MR) is 231 cm³/mol. The number of anilines is 2. The Balaban J connectivity index is 1.25. The summed E-state index contributed by atoms with van der Waals surface area (Å²) in [5.74, 6) is -3.08. The highest BCUT2D eigenvalue weighted by molar-refractivity contribution is 5.99. The average Bonchev–Trinajstić information content (AvgIpc) is 3.92. The number of methoxy groups -OCH3 is 2. The summed E-state index contributed by atoms with van der Waals surface area (Å²) >= 11 is 0. The lowest BCUT2D eigenvalue weighted by molar-refractivity contribution is -0.151. The van der Waals surface area contributed by atoms with Crippen LogP contribution in [0.1, 0.15) is 103 Å². The van der Waals surface area contributed by atoms with E-state index in [-0.39, 0.29) is 42.4 Å². The summed E-state index contributed by atoms with van der Waals surface area (Å²) in [7, 11) is 2.62. The number of esters is 2. The number of rotatable bonds is 14. The maximum atomic E-state index is 13.7. The molecule has 5 rings (SSSR count). The Labute approximate surface area is 354 Å². The van der Waals surface area contributed by atoms with Crippen molar-refractivity contribution in [1.82, 2.24) is 9.80 Å². The molecule has 60 heavy (non-hydrogen) atoms. The first kappa shape index (κ1) is 45.6. The molecule has 2 heterocycles. The second-order valence-corrected chi connectivity index (χ2v) is 18.2. The number of carbonyl (C=O) groups excluding carboxylic acids is 6. The molecule has 5 atom stereocenters. The molecule has 2 N–H and O–H groups in total. The normalized spacial score (nSPS) is 18.3. The van der Waals surface area contributed by atoms with Gasteiger partial charge in [0.25, 0.3) is 0 Å². The van der Waals surface area contributed by atoms with E-state index in [2.05, 4.69) is 22.8 Å². The SMILES string of the molecule is COC(=O)C[C@H](C(=O)N1CCC[C@H]1C(=O)Nc1ccc(CC(c2ccccc2)c2ccc(NC(=O)[C@@H]3CCCN3C(=O)[C@@H](CC(=O)OC)C(C)(C)C)cc2)cc1)C(C)(C)C. The topological polar surface area (TPSA) is 151 Å². The quantitative estimate of drug-likeness (QED) is 0.160. The number of nitrogens with one attached hydrogen (secondary N) is 2. The van der Waals surface area contributed by atoms with Gasteiger partial charge in [0.05, 0.1) is 38.9 Å². The van der Waals surface area contributed by atoms with Crippen LogP contribution < -0.4 is 10.6 Å². The average molecular weight is 823 g/mol. The highest BCUT2D eigenvalue weighted by atomic mass is 16.5. The summed E-state index contributed by atoms with van der Waals surface area (Å²) in [6.07, 6.45) is 3.06. The Morgan fingerprint density at radius 2 is 1.00 bits per heavy atom. The molecule has 2 aliphatic rings. The van der Waals surface area contributed by atoms with Crippen molar-refractivity contribution >= 4 is 46.9 Å². The van der Waals surface area contributed by atoms with Gasteiger partial charge in [0.2, 0.25) is 23.6 Å². The molecule has 0 radical (unpaired) electrons. The standard InChI is InChI=1S/C48H62N4O8/c1-47(2,3)37(29-41(53)59-7)45(57)51-26-12-16-39(51)43(55)49-34-22-18-31(19-23-34)28-36(32-14-10-9-11-15-32)33-20-24-35(25-21-33)50-44(56)40-17-13-27-52(40)46(58)38(48(4,5)6)30-42(54)60-8/h9-11,14-15,18-25,36-40H,12-13,16-17,26-30H2,1-8H3,(H,49,55)(H,50,56)/t36?,37-,38-,39+,40+/m1/s1. The second-order valence-electron chi connectivity index (χ2n) is 18.2. The molecular formula is C48H62N4O8. The van der Waals surface area contributed by atoms with E-state index in [4.69, 9.17) is 9.47 Å². The Kier molecular flexibility index (Phi) is 15.0. The highest BCUT2D eigenvalue weighted by Crippen LogP contribution is 2.36. The van der Waals surface area contributed by atoms with E-state index in [0.29, 0.717) is 56.6 Å². The molecule has 4 amide bonds. The van der Waals surface area contributed by atoms with Crippen LogP contribution in [0.5, 0.6) is 0 Å². The molecule has 322 valence electrons. The largest absolute Gasteiger partial charge is 0.469 e. The summed E-state index contributed by atoms with van der Waals surface area (Å²) in [4.78, 5) is 82.3. The molecule has 0 aliphatic carbocycles. The summed E-state index contributed by atoms with van der Waals surface area (Å²) in [5.41, 5.74) is 3.49. The highest BCUT2D eigenvalue weighted by Gasteiger charge is 2.43. The number of nitrogens with zero attached hydrogens (tertiary/aromatic N) is 2. The van der Waals surface area contributed by atoms with Gasteiger partial charge in [-0.1, -0.05) is 96.1 Å². The van der Waals surface area contributed by atoms with Gasteiger partial charge in [-0.05, 0) is 83.9 Å². The first-order chi connectivity index (χ1) is 28.4. The van der Waals surface area contributed by atoms with Gasteiger partial charge >= 0.3 is 11.9 Å². The third-order valence-corrected chi connectivity index (χ3v) is 12.0. The smallest absolute Gasteiger partial charge is 0.306 e. The van der Waals surface area contributed by atoms with Crippen molar-refractivity contribution in [3.63, 3.8) is 0 Å². The first-order valence-corrected chi connectivity index (χ1v) is 21.0. The predicted octanol–water partition coefficient (Wildman–Crippen LogP) is 7.37. The van der Waals surface area contributed by atoms with Crippen molar-refractivity contribution in [3.05, 3.63) is 95.6 Å². The lowest BCUT2D eigenvalue weighted by Gasteiger charge is -2.34. The van der Waals surface area contributed by atoms with E-state index in [1.54, 1.807) is 9.80 Å². The fraction of sp³-hybridized carbons (Fsp3) is 0.500. The van der Waals surface area contributed by atoms with E-state index in [0.717, 1.165) is 16.7 Å². The molecule has 0 aromatic heterocycles. The monoisotopic (exact) mass is 822 g/mol. The molecule has 12 nitrogen and oxygen atoms in total. The van der Waals surface area contributed by atoms with Crippen LogP contribution in [-0.4, -0.2) is 84.8 Å². The first-order valence-electron chi connectivity index (χ1n) is 21.0. The molecule has 3 aromatic rings. The maximum absolute atomic E-state index is 13.7. The van der Waals surface area contributed by atoms with E-state index >= 15 is 0 Å². The lowest BCUT2D eigenvalue weighted by atomic mass is 9.77. The minimum absolute atomic E-state index is 0.0118. The van der Waals surface area contributed by atoms with Crippen LogP contribution in [0.25, 0.3) is 0 Å². The lowest BCUT2D eigenvalue weighted by Crippen LogP contribution is -2.48. The van der Waals surface area contributed by atoms with Crippen LogP contribution in [0.3, 0.4) is 0 Å². The molecule has 0 bridgehead atoms. The van der Waals surface area contributed by atoms with Gasteiger partial charge < -0.3 is 29.9 Å². The summed E-state index contributed by atoms with van der Waals surface area (Å²) in [6, 6.07) is 24.4. The van der Waals surface area contributed by atoms with Crippen LogP contribution in [-0.2, 0) is 44.7 Å². The van der Waals surface area contributed by atoms with Crippen LogP contribution in [0.4, 0.5) is 11.4 Å². The van der Waals surface area contributed by atoms with Crippen LogP contribution in [0, 0.1) is 22.7 Å². The fourth-order valence-electron chi connectivity index (χ4n) is 8.36. The van der Waals surface area contributed by atoms with Crippen molar-refractivity contribution in [2.75, 3.05) is 37.9 Å². The van der Waals surface area contributed by atoms with E-state index in [9.17, 15) is 28.8 Å². The van der Waals surface area contributed by atoms with Crippen molar-refractivity contribution in [1.29, 1.82) is 0 Å². The third-order valence-electron chi connectivity index (χ3n) is 12.0. The Morgan fingerprint density at radius 1 is 0.600 bits per heavy atom. The van der Waals surface area contributed by atoms with Gasteiger partial charge in [0.1, 0.15) is 12.1 Å². The molecule has 0 spiro atoms. The molecule has 0 saturated carbocycles. The van der Waals surface area contributed by atoms with Crippen molar-refractivity contribution < 1.29 is 38.2 Å². The molecule has 1 unspecified atom stereocenters. The Bertz CT molecular complexity index is 1990. The van der Waals surface area contributed by atoms with Crippen molar-refractivity contribution in [3.8, 4) is 0 Å². The molecule has 2 saturated heterocycles. The van der Waals surface area contributed by atoms with E-state index in [1.165, 1.54) is 14.2 Å². The number of amides is 4. The number of likely N-dealkylation sites (tertiary alicyclic amines) is 2. The van der Waals surface area contributed by atoms with Crippen molar-refractivity contribution in [2.24, 2.45) is 22.7 Å². The summed E-state index contributed by atoms with van der Waals surface area (Å²) in [5, 5.41) is 6.04. The van der Waals surface area contributed by atoms with Gasteiger partial charge in [-0.25, -0.2) is 0 Å². The zero-order valence-corrected chi connectivity index (χ0v) is 36.4. The summed E-state index contributed by atoms with van der Waals surface area (Å²) < 4.78 is 9.74. The van der Waals surface area contributed by atoms with Gasteiger partial charge in [0.15, 0.2) is 0 Å². The molecule has 3 aromatic carbocycles. The van der Waals surface area contributed by atoms with Crippen LogP contribution in [0.15, 0.2) is 78.9 Å². The second kappa shape index (κ2) is 19.7. The van der Waals surface area contributed by atoms with Gasteiger partial charge in [-0.15, -0.1) is 0 Å². The molecular weight excluding hydrogens is 761 g/mol. The zero-order chi connectivity index (χ0) is 43.8. The van der Waals surface area contributed by atoms with Crippen LogP contribution in [0.2, 0.25) is 0 Å². The molecule has 2 aliphatic heterocycles. The summed E-state index contributed by atoms with van der Waals surface area (Å²) in [6.45, 7) is 12.4. The van der Waals surface area contributed by atoms with Crippen molar-refractivity contribution in [2.45, 2.75) is 104 Å². The van der Waals surface area contributed by atoms with Crippen LogP contribution >= 0.6 is 0 Å². The van der Waals surface area contributed by atoms with E-state index < -0.39 is 46.7 Å². The number of benzene rings is 3. The number of ether oxygens (including phenoxy) is 2. The minimum Gasteiger partial charge on any atom is -0.469 e. The Morgan fingerprint density at radius 3 is 1.40 bits per heavy atom. The third kappa shape index (κ3) is 11.4. The maximum Gasteiger partial charge on any atom is 0.306 e. The van der Waals surface area contributed by atoms with Gasteiger partial charge in [0, 0.05) is 30.4 Å². The number of hydrogen-bond donors (Lipinski definition) is 2. The molecule has 12 heteroatoms. The van der Waals surface area contributed by atoms with Gasteiger partial charge in [-0.3, -0.25) is 28.8 Å². The number of hydrogen-bond acceptors (Lipinski definition) is 8.